The van der Waals surface area contributed by atoms with Gasteiger partial charge >= 0.3 is 181 Å². The third-order valence-electron chi connectivity index (χ3n) is 5.22. The molecule has 3 nitrogen and oxygen atoms in total. The van der Waals surface area contributed by atoms with E-state index >= 15 is 0 Å². The van der Waals surface area contributed by atoms with Crippen molar-refractivity contribution in [3.63, 3.8) is 0 Å². The fourth-order valence-corrected chi connectivity index (χ4v) is 11.4. The van der Waals surface area contributed by atoms with Gasteiger partial charge in [-0.3, -0.25) is 0 Å². The first-order chi connectivity index (χ1) is 14.1. The normalized spacial score (nSPS) is 12.3. The molecule has 0 aliphatic heterocycles. The van der Waals surface area contributed by atoms with Gasteiger partial charge in [-0.05, 0) is 0 Å². The molecule has 30 heavy (non-hydrogen) atoms. The van der Waals surface area contributed by atoms with Crippen molar-refractivity contribution in [2.75, 3.05) is 19.3 Å². The number of hydrogen-bond acceptors (Lipinski definition) is 3. The first-order valence-electron chi connectivity index (χ1n) is 9.85. The molecule has 3 rings (SSSR count). The van der Waals surface area contributed by atoms with E-state index in [2.05, 4.69) is 88.3 Å². The van der Waals surface area contributed by atoms with E-state index < -0.39 is 5.31 Å². The molecule has 2 N–H and O–H groups in total. The minimum atomic E-state index is -2.93. The average Bonchev–Trinajstić information content (AvgIpc) is 2.79. The molecular formula is C24H28BrClNO2P. The number of benzene rings is 3. The second-order valence-electron chi connectivity index (χ2n) is 7.03. The Morgan fingerprint density at radius 1 is 0.800 bits per heavy atom. The van der Waals surface area contributed by atoms with E-state index in [1.807, 2.05) is 18.2 Å². The van der Waals surface area contributed by atoms with Crippen LogP contribution in [0.5, 0.6) is 0 Å². The van der Waals surface area contributed by atoms with E-state index in [9.17, 15) is 4.79 Å². The maximum absolute atomic E-state index is 11.8. The van der Waals surface area contributed by atoms with Crippen LogP contribution < -0.4 is 21.6 Å². The molecule has 0 spiro atoms. The van der Waals surface area contributed by atoms with Crippen molar-refractivity contribution < 1.29 is 9.53 Å². The van der Waals surface area contributed by atoms with Crippen molar-refractivity contribution in [2.24, 2.45) is 5.73 Å². The number of halogens is 2. The molecule has 0 aliphatic rings. The molecule has 0 fully saturated rings. The number of nitrogens with two attached hydrogens (primary N) is 1. The van der Waals surface area contributed by atoms with Crippen LogP contribution in [0.15, 0.2) is 91.0 Å². The van der Waals surface area contributed by atoms with Crippen molar-refractivity contribution in [2.45, 2.75) is 12.8 Å². The number of carbonyl (C=O) groups is 1. The molecule has 0 radical (unpaired) electrons. The van der Waals surface area contributed by atoms with E-state index in [4.69, 9.17) is 10.5 Å². The van der Waals surface area contributed by atoms with Gasteiger partial charge in [-0.2, -0.15) is 0 Å². The van der Waals surface area contributed by atoms with Gasteiger partial charge in [0.05, 0.1) is 0 Å². The van der Waals surface area contributed by atoms with Gasteiger partial charge in [-0.1, -0.05) is 0 Å². The van der Waals surface area contributed by atoms with Gasteiger partial charge in [0, 0.05) is 0 Å². The van der Waals surface area contributed by atoms with Crippen LogP contribution in [0.3, 0.4) is 0 Å². The molecule has 0 atom stereocenters. The Kier molecular flexibility index (Phi) is 9.06. The summed E-state index contributed by atoms with van der Waals surface area (Å²) in [5.41, 5.74) is 5.45. The van der Waals surface area contributed by atoms with Crippen LogP contribution in [0.25, 0.3) is 0 Å². The number of rotatable bonds is 9. The van der Waals surface area contributed by atoms with E-state index in [1.165, 1.54) is 15.9 Å². The first-order valence-corrected chi connectivity index (χ1v) is 14.3. The van der Waals surface area contributed by atoms with Gasteiger partial charge in [0.2, 0.25) is 0 Å². The maximum atomic E-state index is 11.8. The molecule has 0 saturated heterocycles. The first kappa shape index (κ1) is 24.6. The molecule has 3 aromatic rings. The molecule has 6 heteroatoms. The van der Waals surface area contributed by atoms with E-state index in [-0.39, 0.29) is 24.8 Å². The number of ether oxygens (including phenoxy) is 1. The molecule has 0 aliphatic carbocycles. The summed E-state index contributed by atoms with van der Waals surface area (Å²) >= 11 is 4.39. The Hall–Kier alpha value is -1.71. The summed E-state index contributed by atoms with van der Waals surface area (Å²) < 4.78 is 5.41. The van der Waals surface area contributed by atoms with E-state index in [0.717, 1.165) is 12.6 Å². The minimum absolute atomic E-state index is 0. The number of hydrogen-bond donors (Lipinski definition) is 1. The van der Waals surface area contributed by atoms with Gasteiger partial charge in [0.15, 0.2) is 0 Å². The average molecular weight is 509 g/mol. The fourth-order valence-electron chi connectivity index (χ4n) is 3.79. The fraction of sp³-hybridized carbons (Fsp3) is 0.208. The summed E-state index contributed by atoms with van der Waals surface area (Å²) in [7, 11) is 0. The molecule has 3 aromatic carbocycles. The van der Waals surface area contributed by atoms with Crippen LogP contribution in [0, 0.1) is 0 Å². The van der Waals surface area contributed by atoms with Crippen LogP contribution in [-0.2, 0) is 9.53 Å². The van der Waals surface area contributed by atoms with Crippen LogP contribution >= 0.6 is 33.2 Å². The Labute approximate surface area is 193 Å². The van der Waals surface area contributed by atoms with Crippen LogP contribution in [0.4, 0.5) is 0 Å². The van der Waals surface area contributed by atoms with Crippen LogP contribution in [0.1, 0.15) is 12.8 Å². The van der Waals surface area contributed by atoms with Crippen LogP contribution in [-0.4, -0.2) is 25.3 Å². The molecule has 0 heterocycles. The summed E-state index contributed by atoms with van der Waals surface area (Å²) in [5, 5.41) is 0.873. The molecule has 160 valence electrons. The van der Waals surface area contributed by atoms with E-state index in [1.54, 1.807) is 0 Å². The predicted molar refractivity (Wildman–Crippen MR) is 135 cm³/mol. The Bertz CT molecular complexity index is 826. The number of carbonyl (C=O) groups excluding carboxylic acids is 1. The molecule has 0 bridgehead atoms. The summed E-state index contributed by atoms with van der Waals surface area (Å²) in [6.45, 7) is 0.698. The zero-order valence-electron chi connectivity index (χ0n) is 16.8. The van der Waals surface area contributed by atoms with Crippen LogP contribution in [0.2, 0.25) is 0 Å². The van der Waals surface area contributed by atoms with Gasteiger partial charge in [0.25, 0.3) is 0 Å². The summed E-state index contributed by atoms with van der Waals surface area (Å²) in [6, 6.07) is 31.9. The summed E-state index contributed by atoms with van der Waals surface area (Å²) in [4.78, 5) is 11.8. The van der Waals surface area contributed by atoms with E-state index in [0.29, 0.717) is 13.2 Å². The standard InChI is InChI=1S/C24H27BrNO2P.ClH/c25-29(21-11-4-1-5-12-21,22-13-6-2-7-14-22,23-15-8-3-9-16-23)20-10-19-28-24(27)17-18-26;/h1-9,11-16H,10,17-20,26H2;1H. The van der Waals surface area contributed by atoms with Gasteiger partial charge < -0.3 is 0 Å². The monoisotopic (exact) mass is 507 g/mol. The molecule has 0 saturated carbocycles. The van der Waals surface area contributed by atoms with Crippen molar-refractivity contribution in [1.82, 2.24) is 0 Å². The van der Waals surface area contributed by atoms with Gasteiger partial charge in [0.1, 0.15) is 0 Å². The third-order valence-corrected chi connectivity index (χ3v) is 15.2. The topological polar surface area (TPSA) is 52.3 Å². The van der Waals surface area contributed by atoms with Crippen molar-refractivity contribution in [1.29, 1.82) is 0 Å². The SMILES string of the molecule is Cl.NCCC(=O)OCCCP(Br)(c1ccccc1)(c1ccccc1)c1ccccc1. The summed E-state index contributed by atoms with van der Waals surface area (Å²) in [6.07, 6.45) is 1.85. The zero-order valence-corrected chi connectivity index (χ0v) is 20.1. The molecule has 0 amide bonds. The second kappa shape index (κ2) is 11.1. The Morgan fingerprint density at radius 2 is 1.20 bits per heavy atom. The predicted octanol–water partition coefficient (Wildman–Crippen LogP) is 4.53. The van der Waals surface area contributed by atoms with Gasteiger partial charge in [-0.15, -0.1) is 12.4 Å². The summed E-state index contributed by atoms with van der Waals surface area (Å²) in [5.74, 6) is -0.235. The molecule has 0 unspecified atom stereocenters. The number of esters is 1. The molecule has 0 aromatic heterocycles. The zero-order chi connectivity index (χ0) is 20.6. The Morgan fingerprint density at radius 3 is 1.57 bits per heavy atom. The Balaban J connectivity index is 0.00000320. The quantitative estimate of drug-likeness (QED) is 0.262. The third kappa shape index (κ3) is 4.95. The van der Waals surface area contributed by atoms with Crippen molar-refractivity contribution in [3.8, 4) is 0 Å². The van der Waals surface area contributed by atoms with Crippen molar-refractivity contribution in [3.05, 3.63) is 91.0 Å². The van der Waals surface area contributed by atoms with Gasteiger partial charge in [-0.25, -0.2) is 0 Å². The van der Waals surface area contributed by atoms with Crippen molar-refractivity contribution >= 4 is 55.1 Å². The molecular weight excluding hydrogens is 481 g/mol. The second-order valence-corrected chi connectivity index (χ2v) is 16.1.